The van der Waals surface area contributed by atoms with Crippen LogP contribution in [0.5, 0.6) is 0 Å². The number of carbonyl (C=O) groups is 1. The van der Waals surface area contributed by atoms with Gasteiger partial charge in [0.1, 0.15) is 0 Å². The SMILES string of the molecule is CC(=O)NS(=O)(=O)C(C)Cl. The van der Waals surface area contributed by atoms with E-state index in [1.807, 2.05) is 0 Å². The Balaban J connectivity index is 4.31. The normalized spacial score (nSPS) is 14.3. The second-order valence-electron chi connectivity index (χ2n) is 1.75. The monoisotopic (exact) mass is 185 g/mol. The van der Waals surface area contributed by atoms with Crippen molar-refractivity contribution < 1.29 is 13.2 Å². The zero-order chi connectivity index (χ0) is 8.36. The van der Waals surface area contributed by atoms with Gasteiger partial charge in [-0.1, -0.05) is 0 Å². The highest BCUT2D eigenvalue weighted by Gasteiger charge is 2.18. The van der Waals surface area contributed by atoms with Crippen LogP contribution in [0.2, 0.25) is 0 Å². The first-order valence-corrected chi connectivity index (χ1v) is 4.51. The van der Waals surface area contributed by atoms with Gasteiger partial charge in [-0.15, -0.1) is 11.6 Å². The van der Waals surface area contributed by atoms with E-state index < -0.39 is 20.6 Å². The van der Waals surface area contributed by atoms with Crippen molar-refractivity contribution in [1.29, 1.82) is 0 Å². The topological polar surface area (TPSA) is 63.2 Å². The molecule has 0 aliphatic rings. The van der Waals surface area contributed by atoms with Gasteiger partial charge in [-0.3, -0.25) is 9.52 Å². The maximum Gasteiger partial charge on any atom is 0.251 e. The second kappa shape index (κ2) is 3.21. The first-order valence-electron chi connectivity index (χ1n) is 2.52. The van der Waals surface area contributed by atoms with Crippen LogP contribution in [-0.2, 0) is 14.8 Å². The molecule has 0 aliphatic carbocycles. The molecule has 0 rings (SSSR count). The largest absolute Gasteiger partial charge is 0.274 e. The van der Waals surface area contributed by atoms with Gasteiger partial charge in [0.15, 0.2) is 4.71 Å². The molecule has 0 saturated heterocycles. The van der Waals surface area contributed by atoms with Crippen molar-refractivity contribution in [2.24, 2.45) is 0 Å². The van der Waals surface area contributed by atoms with E-state index in [0.717, 1.165) is 6.92 Å². The number of rotatable bonds is 2. The molecule has 0 fully saturated rings. The number of hydrogen-bond donors (Lipinski definition) is 1. The third kappa shape index (κ3) is 3.03. The van der Waals surface area contributed by atoms with Gasteiger partial charge in [0.25, 0.3) is 10.0 Å². The summed E-state index contributed by atoms with van der Waals surface area (Å²) in [6.45, 7) is 2.38. The van der Waals surface area contributed by atoms with Crippen LogP contribution < -0.4 is 4.72 Å². The van der Waals surface area contributed by atoms with Gasteiger partial charge in [-0.2, -0.15) is 0 Å². The van der Waals surface area contributed by atoms with E-state index in [4.69, 9.17) is 11.6 Å². The summed E-state index contributed by atoms with van der Waals surface area (Å²) >= 11 is 5.21. The Morgan fingerprint density at radius 2 is 2.00 bits per heavy atom. The Kier molecular flexibility index (Phi) is 3.11. The fourth-order valence-corrected chi connectivity index (χ4v) is 0.978. The highest BCUT2D eigenvalue weighted by Crippen LogP contribution is 2.01. The first-order chi connectivity index (χ1) is 4.36. The molecule has 0 bridgehead atoms. The molecule has 0 spiro atoms. The van der Waals surface area contributed by atoms with Crippen LogP contribution >= 0.6 is 11.6 Å². The van der Waals surface area contributed by atoms with Crippen LogP contribution in [0.3, 0.4) is 0 Å². The zero-order valence-electron chi connectivity index (χ0n) is 5.59. The number of sulfonamides is 1. The molecule has 1 unspecified atom stereocenters. The van der Waals surface area contributed by atoms with E-state index in [0.29, 0.717) is 0 Å². The lowest BCUT2D eigenvalue weighted by molar-refractivity contribution is -0.117. The third-order valence-electron chi connectivity index (χ3n) is 0.714. The van der Waals surface area contributed by atoms with Crippen LogP contribution in [0.25, 0.3) is 0 Å². The van der Waals surface area contributed by atoms with Crippen molar-refractivity contribution in [3.05, 3.63) is 0 Å². The molecule has 1 atom stereocenters. The van der Waals surface area contributed by atoms with Crippen LogP contribution in [0.15, 0.2) is 0 Å². The Morgan fingerprint density at radius 1 is 1.60 bits per heavy atom. The predicted molar refractivity (Wildman–Crippen MR) is 38.1 cm³/mol. The summed E-state index contributed by atoms with van der Waals surface area (Å²) in [5.74, 6) is -0.632. The summed E-state index contributed by atoms with van der Waals surface area (Å²) in [5.41, 5.74) is 0. The van der Waals surface area contributed by atoms with Gasteiger partial charge in [-0.25, -0.2) is 8.42 Å². The maximum atomic E-state index is 10.7. The summed E-state index contributed by atoms with van der Waals surface area (Å²) < 4.78 is 22.0. The first kappa shape index (κ1) is 9.71. The smallest absolute Gasteiger partial charge is 0.251 e. The molecule has 0 radical (unpaired) electrons. The highest BCUT2D eigenvalue weighted by atomic mass is 35.5. The predicted octanol–water partition coefficient (Wildman–Crippen LogP) is 0.0371. The highest BCUT2D eigenvalue weighted by molar-refractivity contribution is 7.91. The molecule has 6 heteroatoms. The quantitative estimate of drug-likeness (QED) is 0.618. The van der Waals surface area contributed by atoms with Gasteiger partial charge in [0, 0.05) is 6.92 Å². The number of hydrogen-bond acceptors (Lipinski definition) is 3. The van der Waals surface area contributed by atoms with Gasteiger partial charge in [0.05, 0.1) is 0 Å². The zero-order valence-corrected chi connectivity index (χ0v) is 7.16. The number of halogens is 1. The Labute approximate surface area is 64.6 Å². The third-order valence-corrected chi connectivity index (χ3v) is 2.84. The second-order valence-corrected chi connectivity index (χ2v) is 4.66. The summed E-state index contributed by atoms with van der Waals surface area (Å²) in [7, 11) is -3.63. The standard InChI is InChI=1S/C4H8ClNO3S/c1-3(5)10(8,9)6-4(2)7/h3H,1-2H3,(H,6,7). The van der Waals surface area contributed by atoms with E-state index in [9.17, 15) is 13.2 Å². The van der Waals surface area contributed by atoms with E-state index in [2.05, 4.69) is 0 Å². The lowest BCUT2D eigenvalue weighted by Gasteiger charge is -2.04. The van der Waals surface area contributed by atoms with Gasteiger partial charge in [0.2, 0.25) is 5.91 Å². The molecule has 4 nitrogen and oxygen atoms in total. The number of alkyl halides is 1. The van der Waals surface area contributed by atoms with Gasteiger partial charge in [-0.05, 0) is 6.92 Å². The number of amides is 1. The maximum absolute atomic E-state index is 10.7. The molecule has 0 aliphatic heterocycles. The molecule has 0 aromatic rings. The fraction of sp³-hybridized carbons (Fsp3) is 0.750. The van der Waals surface area contributed by atoms with Crippen molar-refractivity contribution in [3.8, 4) is 0 Å². The van der Waals surface area contributed by atoms with Gasteiger partial charge >= 0.3 is 0 Å². The molecule has 1 amide bonds. The van der Waals surface area contributed by atoms with Crippen molar-refractivity contribution >= 4 is 27.5 Å². The lowest BCUT2D eigenvalue weighted by atomic mass is 10.8. The summed E-state index contributed by atoms with van der Waals surface area (Å²) in [6.07, 6.45) is 0. The minimum Gasteiger partial charge on any atom is -0.274 e. The Morgan fingerprint density at radius 3 is 2.10 bits per heavy atom. The molecule has 0 aromatic carbocycles. The minimum absolute atomic E-state index is 0.632. The fourth-order valence-electron chi connectivity index (χ4n) is 0.282. The van der Waals surface area contributed by atoms with E-state index >= 15 is 0 Å². The van der Waals surface area contributed by atoms with Crippen LogP contribution in [-0.4, -0.2) is 19.0 Å². The Hall–Kier alpha value is -0.290. The van der Waals surface area contributed by atoms with Crippen LogP contribution in [0.4, 0.5) is 0 Å². The molecule has 0 heterocycles. The number of carbonyl (C=O) groups excluding carboxylic acids is 1. The molecular formula is C4H8ClNO3S. The summed E-state index contributed by atoms with van der Waals surface area (Å²) in [5, 5.41) is 0. The Bertz CT molecular complexity index is 221. The van der Waals surface area contributed by atoms with E-state index in [-0.39, 0.29) is 0 Å². The summed E-state index contributed by atoms with van der Waals surface area (Å²) in [4.78, 5) is 10.2. The summed E-state index contributed by atoms with van der Waals surface area (Å²) in [6, 6.07) is 0. The average molecular weight is 186 g/mol. The molecule has 0 aromatic heterocycles. The molecule has 10 heavy (non-hydrogen) atoms. The van der Waals surface area contributed by atoms with Crippen molar-refractivity contribution in [2.45, 2.75) is 18.6 Å². The van der Waals surface area contributed by atoms with Crippen LogP contribution in [0, 0.1) is 0 Å². The number of nitrogens with one attached hydrogen (secondary N) is 1. The molecule has 1 N–H and O–H groups in total. The van der Waals surface area contributed by atoms with Crippen LogP contribution in [0.1, 0.15) is 13.8 Å². The lowest BCUT2D eigenvalue weighted by Crippen LogP contribution is -2.33. The van der Waals surface area contributed by atoms with Crippen molar-refractivity contribution in [2.75, 3.05) is 0 Å². The molecular weight excluding hydrogens is 178 g/mol. The van der Waals surface area contributed by atoms with E-state index in [1.54, 1.807) is 4.72 Å². The van der Waals surface area contributed by atoms with Crippen molar-refractivity contribution in [3.63, 3.8) is 0 Å². The minimum atomic E-state index is -3.63. The van der Waals surface area contributed by atoms with E-state index in [1.165, 1.54) is 6.92 Å². The van der Waals surface area contributed by atoms with Gasteiger partial charge < -0.3 is 0 Å². The van der Waals surface area contributed by atoms with Crippen molar-refractivity contribution in [1.82, 2.24) is 4.72 Å². The molecule has 60 valence electrons. The molecule has 0 saturated carbocycles. The average Bonchev–Trinajstić information content (AvgIpc) is 1.60.